The predicted octanol–water partition coefficient (Wildman–Crippen LogP) is 5.23. The summed E-state index contributed by atoms with van der Waals surface area (Å²) in [6, 6.07) is 12.9. The van der Waals surface area contributed by atoms with Gasteiger partial charge < -0.3 is 5.32 Å². The Morgan fingerprint density at radius 3 is 1.94 bits per heavy atom. The van der Waals surface area contributed by atoms with Gasteiger partial charge >= 0.3 is 0 Å². The van der Waals surface area contributed by atoms with Crippen molar-refractivity contribution >= 4 is 59.4 Å². The SMILES string of the molecule is O=C(Nc1ccc(Br)cc1)c1cc(Br)cc(Br)c1. The molecule has 0 unspecified atom stereocenters. The van der Waals surface area contributed by atoms with E-state index in [1.165, 1.54) is 0 Å². The van der Waals surface area contributed by atoms with E-state index < -0.39 is 0 Å². The summed E-state index contributed by atoms with van der Waals surface area (Å²) in [6.07, 6.45) is 0. The molecule has 0 aliphatic carbocycles. The molecule has 0 spiro atoms. The largest absolute Gasteiger partial charge is 0.322 e. The number of hydrogen-bond donors (Lipinski definition) is 1. The van der Waals surface area contributed by atoms with E-state index >= 15 is 0 Å². The van der Waals surface area contributed by atoms with Gasteiger partial charge in [-0.25, -0.2) is 0 Å². The minimum atomic E-state index is -0.140. The number of benzene rings is 2. The standard InChI is InChI=1S/C13H8Br3NO/c14-9-1-3-12(4-2-9)17-13(18)8-5-10(15)7-11(16)6-8/h1-7H,(H,17,18). The molecule has 0 saturated carbocycles. The van der Waals surface area contributed by atoms with Gasteiger partial charge in [0.25, 0.3) is 5.91 Å². The third kappa shape index (κ3) is 3.67. The van der Waals surface area contributed by atoms with Crippen molar-refractivity contribution in [3.05, 3.63) is 61.4 Å². The van der Waals surface area contributed by atoms with E-state index in [-0.39, 0.29) is 5.91 Å². The second-order valence-electron chi connectivity index (χ2n) is 3.62. The molecule has 0 fully saturated rings. The second-order valence-corrected chi connectivity index (χ2v) is 6.37. The van der Waals surface area contributed by atoms with Crippen molar-refractivity contribution in [3.63, 3.8) is 0 Å². The molecule has 2 aromatic carbocycles. The Kier molecular flexibility index (Phi) is 4.59. The number of carbonyl (C=O) groups is 1. The molecule has 0 saturated heterocycles. The lowest BCUT2D eigenvalue weighted by Crippen LogP contribution is -2.11. The highest BCUT2D eigenvalue weighted by Crippen LogP contribution is 2.21. The fourth-order valence-electron chi connectivity index (χ4n) is 1.42. The smallest absolute Gasteiger partial charge is 0.255 e. The van der Waals surface area contributed by atoms with Crippen molar-refractivity contribution in [1.29, 1.82) is 0 Å². The summed E-state index contributed by atoms with van der Waals surface area (Å²) >= 11 is 10.1. The van der Waals surface area contributed by atoms with Crippen LogP contribution in [0.2, 0.25) is 0 Å². The Morgan fingerprint density at radius 2 is 1.39 bits per heavy atom. The summed E-state index contributed by atoms with van der Waals surface area (Å²) in [6.45, 7) is 0. The van der Waals surface area contributed by atoms with Gasteiger partial charge in [0.05, 0.1) is 0 Å². The Bertz CT molecular complexity index is 561. The number of hydrogen-bond acceptors (Lipinski definition) is 1. The summed E-state index contributed by atoms with van der Waals surface area (Å²) in [5, 5.41) is 2.84. The van der Waals surface area contributed by atoms with E-state index in [4.69, 9.17) is 0 Å². The van der Waals surface area contributed by atoms with Crippen LogP contribution in [-0.2, 0) is 0 Å². The summed E-state index contributed by atoms with van der Waals surface area (Å²) in [4.78, 5) is 12.0. The molecule has 18 heavy (non-hydrogen) atoms. The van der Waals surface area contributed by atoms with Crippen molar-refractivity contribution in [1.82, 2.24) is 0 Å². The van der Waals surface area contributed by atoms with Gasteiger partial charge in [-0.1, -0.05) is 47.8 Å². The highest BCUT2D eigenvalue weighted by atomic mass is 79.9. The lowest BCUT2D eigenvalue weighted by molar-refractivity contribution is 0.102. The third-order valence-corrected chi connectivity index (χ3v) is 3.67. The lowest BCUT2D eigenvalue weighted by Gasteiger charge is -2.06. The molecule has 0 heterocycles. The van der Waals surface area contributed by atoms with Crippen molar-refractivity contribution in [2.75, 3.05) is 5.32 Å². The van der Waals surface area contributed by atoms with Crippen LogP contribution in [0.25, 0.3) is 0 Å². The first-order valence-electron chi connectivity index (χ1n) is 5.07. The van der Waals surface area contributed by atoms with Gasteiger partial charge in [0.2, 0.25) is 0 Å². The average molecular weight is 434 g/mol. The third-order valence-electron chi connectivity index (χ3n) is 2.23. The molecule has 0 radical (unpaired) electrons. The van der Waals surface area contributed by atoms with Crippen LogP contribution in [0, 0.1) is 0 Å². The predicted molar refractivity (Wildman–Crippen MR) is 83.9 cm³/mol. The number of anilines is 1. The fraction of sp³-hybridized carbons (Fsp3) is 0. The molecule has 92 valence electrons. The molecular weight excluding hydrogens is 426 g/mol. The van der Waals surface area contributed by atoms with Crippen LogP contribution in [0.3, 0.4) is 0 Å². The zero-order valence-corrected chi connectivity index (χ0v) is 13.8. The number of amides is 1. The van der Waals surface area contributed by atoms with E-state index in [9.17, 15) is 4.79 Å². The Balaban J connectivity index is 2.19. The van der Waals surface area contributed by atoms with Gasteiger partial charge in [0, 0.05) is 24.7 Å². The zero-order chi connectivity index (χ0) is 13.1. The molecular formula is C13H8Br3NO. The first-order valence-corrected chi connectivity index (χ1v) is 7.45. The highest BCUT2D eigenvalue weighted by Gasteiger charge is 2.07. The summed E-state index contributed by atoms with van der Waals surface area (Å²) in [7, 11) is 0. The second kappa shape index (κ2) is 5.99. The van der Waals surface area contributed by atoms with E-state index in [2.05, 4.69) is 53.1 Å². The minimum Gasteiger partial charge on any atom is -0.322 e. The monoisotopic (exact) mass is 431 g/mol. The molecule has 0 atom stereocenters. The molecule has 1 N–H and O–H groups in total. The Labute approximate surface area is 130 Å². The van der Waals surface area contributed by atoms with Gasteiger partial charge in [-0.05, 0) is 42.5 Å². The molecule has 0 aliphatic heterocycles. The molecule has 2 aromatic rings. The number of nitrogens with one attached hydrogen (secondary N) is 1. The van der Waals surface area contributed by atoms with Crippen LogP contribution in [-0.4, -0.2) is 5.91 Å². The van der Waals surface area contributed by atoms with E-state index in [0.29, 0.717) is 5.56 Å². The first-order chi connectivity index (χ1) is 8.54. The first kappa shape index (κ1) is 13.8. The molecule has 5 heteroatoms. The number of carbonyl (C=O) groups excluding carboxylic acids is 1. The van der Waals surface area contributed by atoms with Crippen molar-refractivity contribution in [2.45, 2.75) is 0 Å². The van der Waals surface area contributed by atoms with Crippen molar-refractivity contribution < 1.29 is 4.79 Å². The quantitative estimate of drug-likeness (QED) is 0.690. The molecule has 2 rings (SSSR count). The maximum atomic E-state index is 12.0. The van der Waals surface area contributed by atoms with Crippen LogP contribution in [0.4, 0.5) is 5.69 Å². The average Bonchev–Trinajstić information content (AvgIpc) is 2.31. The molecule has 0 aliphatic rings. The van der Waals surface area contributed by atoms with Crippen LogP contribution >= 0.6 is 47.8 Å². The minimum absolute atomic E-state index is 0.140. The van der Waals surface area contributed by atoms with E-state index in [0.717, 1.165) is 19.1 Å². The maximum Gasteiger partial charge on any atom is 0.255 e. The zero-order valence-electron chi connectivity index (χ0n) is 9.08. The Hall–Kier alpha value is -0.650. The molecule has 0 bridgehead atoms. The molecule has 0 aromatic heterocycles. The summed E-state index contributed by atoms with van der Waals surface area (Å²) in [5.74, 6) is -0.140. The van der Waals surface area contributed by atoms with Crippen LogP contribution in [0.1, 0.15) is 10.4 Å². The van der Waals surface area contributed by atoms with Gasteiger partial charge in [0.1, 0.15) is 0 Å². The topological polar surface area (TPSA) is 29.1 Å². The Morgan fingerprint density at radius 1 is 0.833 bits per heavy atom. The van der Waals surface area contributed by atoms with E-state index in [1.807, 2.05) is 30.3 Å². The summed E-state index contributed by atoms with van der Waals surface area (Å²) < 4.78 is 2.70. The van der Waals surface area contributed by atoms with Crippen LogP contribution < -0.4 is 5.32 Å². The lowest BCUT2D eigenvalue weighted by atomic mass is 10.2. The van der Waals surface area contributed by atoms with Gasteiger partial charge in [0.15, 0.2) is 0 Å². The highest BCUT2D eigenvalue weighted by molar-refractivity contribution is 9.11. The van der Waals surface area contributed by atoms with Gasteiger partial charge in [-0.3, -0.25) is 4.79 Å². The van der Waals surface area contributed by atoms with Crippen LogP contribution in [0.5, 0.6) is 0 Å². The fourth-order valence-corrected chi connectivity index (χ4v) is 2.98. The van der Waals surface area contributed by atoms with Crippen molar-refractivity contribution in [2.24, 2.45) is 0 Å². The van der Waals surface area contributed by atoms with Gasteiger partial charge in [-0.2, -0.15) is 0 Å². The van der Waals surface area contributed by atoms with E-state index in [1.54, 1.807) is 12.1 Å². The van der Waals surface area contributed by atoms with Crippen molar-refractivity contribution in [3.8, 4) is 0 Å². The normalized spacial score (nSPS) is 10.2. The number of halogens is 3. The van der Waals surface area contributed by atoms with Gasteiger partial charge in [-0.15, -0.1) is 0 Å². The number of rotatable bonds is 2. The molecule has 1 amide bonds. The van der Waals surface area contributed by atoms with Crippen LogP contribution in [0.15, 0.2) is 55.9 Å². The maximum absolute atomic E-state index is 12.0. The molecule has 2 nitrogen and oxygen atoms in total. The summed E-state index contributed by atoms with van der Waals surface area (Å²) in [5.41, 5.74) is 1.36.